The minimum Gasteiger partial charge on any atom is -0.354 e. The fourth-order valence-electron chi connectivity index (χ4n) is 3.51. The van der Waals surface area contributed by atoms with Crippen LogP contribution < -0.4 is 5.32 Å². The van der Waals surface area contributed by atoms with Crippen molar-refractivity contribution in [2.75, 3.05) is 26.7 Å². The lowest BCUT2D eigenvalue weighted by Crippen LogP contribution is -2.48. The summed E-state index contributed by atoms with van der Waals surface area (Å²) in [5, 5.41) is 3.03. The van der Waals surface area contributed by atoms with E-state index < -0.39 is 10.0 Å². The Morgan fingerprint density at radius 1 is 1.30 bits per heavy atom. The van der Waals surface area contributed by atoms with E-state index in [1.807, 2.05) is 0 Å². The van der Waals surface area contributed by atoms with Gasteiger partial charge in [-0.25, -0.2) is 8.42 Å². The van der Waals surface area contributed by atoms with Gasteiger partial charge in [-0.05, 0) is 63.9 Å². The van der Waals surface area contributed by atoms with Crippen molar-refractivity contribution < 1.29 is 13.2 Å². The van der Waals surface area contributed by atoms with E-state index in [1.165, 1.54) is 17.1 Å². The number of amides is 1. The SMILES string of the molecule is CC(CNC(=O)C1CCCN(S(=O)(=O)c2ccc(Br)cc2)C1)N(C)C1CC1. The molecule has 1 amide bonds. The molecule has 2 aliphatic rings. The zero-order valence-corrected chi connectivity index (χ0v) is 18.3. The Kier molecular flexibility index (Phi) is 6.61. The summed E-state index contributed by atoms with van der Waals surface area (Å²) in [6, 6.07) is 7.57. The second-order valence-electron chi connectivity index (χ2n) is 7.65. The molecular formula is C19H28BrN3O3S. The number of carbonyl (C=O) groups excluding carboxylic acids is 1. The molecule has 0 aromatic heterocycles. The van der Waals surface area contributed by atoms with Crippen molar-refractivity contribution >= 4 is 31.9 Å². The predicted molar refractivity (Wildman–Crippen MR) is 109 cm³/mol. The molecule has 1 aromatic rings. The predicted octanol–water partition coefficient (Wildman–Crippen LogP) is 2.45. The molecule has 1 saturated carbocycles. The van der Waals surface area contributed by atoms with Crippen molar-refractivity contribution in [1.82, 2.24) is 14.5 Å². The third-order valence-electron chi connectivity index (χ3n) is 5.60. The van der Waals surface area contributed by atoms with Crippen LogP contribution in [0.5, 0.6) is 0 Å². The Balaban J connectivity index is 1.58. The van der Waals surface area contributed by atoms with E-state index in [9.17, 15) is 13.2 Å². The number of carbonyl (C=O) groups is 1. The summed E-state index contributed by atoms with van der Waals surface area (Å²) >= 11 is 3.32. The smallest absolute Gasteiger partial charge is 0.243 e. The van der Waals surface area contributed by atoms with E-state index in [-0.39, 0.29) is 29.3 Å². The fourth-order valence-corrected chi connectivity index (χ4v) is 5.30. The lowest BCUT2D eigenvalue weighted by Gasteiger charge is -2.32. The third-order valence-corrected chi connectivity index (χ3v) is 8.00. The van der Waals surface area contributed by atoms with Crippen LogP contribution in [-0.2, 0) is 14.8 Å². The molecule has 2 fully saturated rings. The maximum absolute atomic E-state index is 12.9. The van der Waals surface area contributed by atoms with E-state index in [1.54, 1.807) is 24.3 Å². The molecule has 2 atom stereocenters. The van der Waals surface area contributed by atoms with E-state index in [4.69, 9.17) is 0 Å². The summed E-state index contributed by atoms with van der Waals surface area (Å²) in [7, 11) is -1.47. The highest BCUT2D eigenvalue weighted by molar-refractivity contribution is 9.10. The van der Waals surface area contributed by atoms with Crippen molar-refractivity contribution in [1.29, 1.82) is 0 Å². The molecule has 150 valence electrons. The number of sulfonamides is 1. The zero-order chi connectivity index (χ0) is 19.6. The van der Waals surface area contributed by atoms with Crippen LogP contribution in [0, 0.1) is 5.92 Å². The summed E-state index contributed by atoms with van der Waals surface area (Å²) in [6.07, 6.45) is 3.90. The van der Waals surface area contributed by atoms with Gasteiger partial charge in [-0.1, -0.05) is 15.9 Å². The number of benzene rings is 1. The molecule has 0 bridgehead atoms. The Morgan fingerprint density at radius 2 is 1.96 bits per heavy atom. The van der Waals surface area contributed by atoms with Crippen LogP contribution in [0.1, 0.15) is 32.6 Å². The zero-order valence-electron chi connectivity index (χ0n) is 15.9. The summed E-state index contributed by atoms with van der Waals surface area (Å²) in [5.41, 5.74) is 0. The maximum atomic E-state index is 12.9. The molecule has 1 aromatic carbocycles. The van der Waals surface area contributed by atoms with Crippen LogP contribution in [0.15, 0.2) is 33.6 Å². The number of hydrogen-bond donors (Lipinski definition) is 1. The van der Waals surface area contributed by atoms with Gasteiger partial charge in [0.1, 0.15) is 0 Å². The number of rotatable bonds is 7. The van der Waals surface area contributed by atoms with Crippen molar-refractivity contribution in [2.24, 2.45) is 5.92 Å². The minimum absolute atomic E-state index is 0.0400. The first-order valence-electron chi connectivity index (χ1n) is 9.54. The average Bonchev–Trinajstić information content (AvgIpc) is 3.51. The highest BCUT2D eigenvalue weighted by Gasteiger charge is 2.34. The molecule has 0 radical (unpaired) electrons. The quantitative estimate of drug-likeness (QED) is 0.682. The van der Waals surface area contributed by atoms with Crippen molar-refractivity contribution in [3.05, 3.63) is 28.7 Å². The number of nitrogens with zero attached hydrogens (tertiary/aromatic N) is 2. The van der Waals surface area contributed by atoms with Gasteiger partial charge in [-0.2, -0.15) is 4.31 Å². The first-order valence-corrected chi connectivity index (χ1v) is 11.8. The fraction of sp³-hybridized carbons (Fsp3) is 0.632. The van der Waals surface area contributed by atoms with Gasteiger partial charge in [0.25, 0.3) is 0 Å². The van der Waals surface area contributed by atoms with Crippen molar-refractivity contribution in [3.8, 4) is 0 Å². The Hall–Kier alpha value is -0.960. The third kappa shape index (κ3) is 5.10. The lowest BCUT2D eigenvalue weighted by atomic mass is 9.99. The van der Waals surface area contributed by atoms with Gasteiger partial charge in [-0.3, -0.25) is 9.69 Å². The topological polar surface area (TPSA) is 69.7 Å². The Labute approximate surface area is 170 Å². The second-order valence-corrected chi connectivity index (χ2v) is 10.5. The molecular weight excluding hydrogens is 430 g/mol. The Bertz CT molecular complexity index is 765. The van der Waals surface area contributed by atoms with Crippen LogP contribution in [0.3, 0.4) is 0 Å². The van der Waals surface area contributed by atoms with Crippen LogP contribution in [0.25, 0.3) is 0 Å². The number of piperidine rings is 1. The molecule has 0 spiro atoms. The summed E-state index contributed by atoms with van der Waals surface area (Å²) in [4.78, 5) is 15.2. The molecule has 1 heterocycles. The Morgan fingerprint density at radius 3 is 2.59 bits per heavy atom. The molecule has 2 unspecified atom stereocenters. The van der Waals surface area contributed by atoms with Gasteiger partial charge in [0.2, 0.25) is 15.9 Å². The summed E-state index contributed by atoms with van der Waals surface area (Å²) in [5.74, 6) is -0.329. The summed E-state index contributed by atoms with van der Waals surface area (Å²) < 4.78 is 28.0. The number of nitrogens with one attached hydrogen (secondary N) is 1. The molecule has 6 nitrogen and oxygen atoms in total. The monoisotopic (exact) mass is 457 g/mol. The molecule has 1 aliphatic heterocycles. The van der Waals surface area contributed by atoms with Crippen LogP contribution >= 0.6 is 15.9 Å². The molecule has 1 N–H and O–H groups in total. The van der Waals surface area contributed by atoms with Gasteiger partial charge < -0.3 is 5.32 Å². The van der Waals surface area contributed by atoms with Crippen LogP contribution in [0.2, 0.25) is 0 Å². The van der Waals surface area contributed by atoms with E-state index in [0.29, 0.717) is 25.6 Å². The van der Waals surface area contributed by atoms with Crippen molar-refractivity contribution in [3.63, 3.8) is 0 Å². The molecule has 27 heavy (non-hydrogen) atoms. The maximum Gasteiger partial charge on any atom is 0.243 e. The largest absolute Gasteiger partial charge is 0.354 e. The lowest BCUT2D eigenvalue weighted by molar-refractivity contribution is -0.126. The molecule has 3 rings (SSSR count). The average molecular weight is 458 g/mol. The van der Waals surface area contributed by atoms with Crippen LogP contribution in [-0.4, -0.2) is 62.3 Å². The summed E-state index contributed by atoms with van der Waals surface area (Å²) in [6.45, 7) is 3.42. The molecule has 8 heteroatoms. The van der Waals surface area contributed by atoms with E-state index in [0.717, 1.165) is 10.9 Å². The van der Waals surface area contributed by atoms with Gasteiger partial charge in [0, 0.05) is 36.2 Å². The highest BCUT2D eigenvalue weighted by atomic mass is 79.9. The van der Waals surface area contributed by atoms with Gasteiger partial charge in [0.05, 0.1) is 10.8 Å². The standard InChI is InChI=1S/C19H28BrN3O3S/c1-14(22(2)17-7-8-17)12-21-19(24)15-4-3-11-23(13-15)27(25,26)18-9-5-16(20)6-10-18/h5-6,9-10,14-15,17H,3-4,7-8,11-13H2,1-2H3,(H,21,24). The molecule has 1 aliphatic carbocycles. The van der Waals surface area contributed by atoms with E-state index >= 15 is 0 Å². The van der Waals surface area contributed by atoms with E-state index in [2.05, 4.69) is 40.1 Å². The normalized spacial score (nSPS) is 22.6. The number of likely N-dealkylation sites (N-methyl/N-ethyl adjacent to an activating group) is 1. The van der Waals surface area contributed by atoms with Gasteiger partial charge in [-0.15, -0.1) is 0 Å². The van der Waals surface area contributed by atoms with Crippen LogP contribution in [0.4, 0.5) is 0 Å². The highest BCUT2D eigenvalue weighted by Crippen LogP contribution is 2.27. The van der Waals surface area contributed by atoms with Gasteiger partial charge in [0.15, 0.2) is 0 Å². The molecule has 1 saturated heterocycles. The number of halogens is 1. The number of hydrogen-bond acceptors (Lipinski definition) is 4. The van der Waals surface area contributed by atoms with Crippen molar-refractivity contribution in [2.45, 2.75) is 49.6 Å². The minimum atomic E-state index is -3.57. The second kappa shape index (κ2) is 8.59. The van der Waals surface area contributed by atoms with Gasteiger partial charge >= 0.3 is 0 Å². The first kappa shape index (κ1) is 20.8. The first-order chi connectivity index (χ1) is 12.8.